The first-order chi connectivity index (χ1) is 7.33. The first-order valence-electron chi connectivity index (χ1n) is 4.56. The lowest BCUT2D eigenvalue weighted by Crippen LogP contribution is -2.26. The van der Waals surface area contributed by atoms with Crippen molar-refractivity contribution in [3.8, 4) is 5.75 Å². The number of pyridine rings is 1. The van der Waals surface area contributed by atoms with Crippen LogP contribution in [0.5, 0.6) is 5.75 Å². The van der Waals surface area contributed by atoms with Gasteiger partial charge >= 0.3 is 0 Å². The number of hydrogen-bond donors (Lipinski definition) is 1. The molecule has 0 spiro atoms. The van der Waals surface area contributed by atoms with Gasteiger partial charge in [0.15, 0.2) is 18.2 Å². The highest BCUT2D eigenvalue weighted by molar-refractivity contribution is 5.96. The quantitative estimate of drug-likeness (QED) is 0.697. The van der Waals surface area contributed by atoms with E-state index in [1.807, 2.05) is 18.2 Å². The van der Waals surface area contributed by atoms with E-state index in [9.17, 15) is 4.79 Å². The molecule has 3 rings (SSSR count). The van der Waals surface area contributed by atoms with Gasteiger partial charge in [0.1, 0.15) is 0 Å². The maximum atomic E-state index is 11.1. The van der Waals surface area contributed by atoms with E-state index in [1.165, 1.54) is 0 Å². The average Bonchev–Trinajstić information content (AvgIpc) is 2.26. The Morgan fingerprint density at radius 1 is 1.53 bits per heavy atom. The highest BCUT2D eigenvalue weighted by atomic mass is 16.5. The van der Waals surface area contributed by atoms with Crippen molar-refractivity contribution in [3.05, 3.63) is 30.3 Å². The first kappa shape index (κ1) is 8.23. The van der Waals surface area contributed by atoms with Gasteiger partial charge in [0.05, 0.1) is 5.52 Å². The number of rotatable bonds is 0. The number of carbonyl (C=O) groups excluding carboxylic acids is 1. The summed E-state index contributed by atoms with van der Waals surface area (Å²) < 4.78 is 5.26. The van der Waals surface area contributed by atoms with Crippen LogP contribution in [0.3, 0.4) is 0 Å². The topological polar surface area (TPSA) is 51.2 Å². The Balaban J connectivity index is 2.24. The van der Waals surface area contributed by atoms with Crippen molar-refractivity contribution in [2.45, 2.75) is 0 Å². The molecule has 1 aromatic carbocycles. The number of nitrogens with zero attached hydrogens (tertiary/aromatic N) is 1. The summed E-state index contributed by atoms with van der Waals surface area (Å²) >= 11 is 0. The molecule has 1 aliphatic rings. The molecule has 0 saturated carbocycles. The molecule has 2 aromatic rings. The monoisotopic (exact) mass is 199 g/mol. The maximum Gasteiger partial charge on any atom is 0.263 e. The third kappa shape index (κ3) is 1.30. The van der Waals surface area contributed by atoms with Crippen LogP contribution in [0.1, 0.15) is 0 Å². The summed E-state index contributed by atoms with van der Waals surface area (Å²) in [5.74, 6) is 0.931. The SMILES string of the molecule is O=C1COc2cc3cc[c]cc3nc2N1. The van der Waals surface area contributed by atoms with E-state index in [-0.39, 0.29) is 12.5 Å². The predicted octanol–water partition coefficient (Wildman–Crippen LogP) is 1.37. The highest BCUT2D eigenvalue weighted by Crippen LogP contribution is 2.28. The number of carbonyl (C=O) groups is 1. The van der Waals surface area contributed by atoms with E-state index in [2.05, 4.69) is 16.4 Å². The number of aromatic nitrogens is 1. The molecule has 4 heteroatoms. The molecule has 0 saturated heterocycles. The predicted molar refractivity (Wildman–Crippen MR) is 54.7 cm³/mol. The summed E-state index contributed by atoms with van der Waals surface area (Å²) in [4.78, 5) is 15.4. The zero-order chi connectivity index (χ0) is 10.3. The van der Waals surface area contributed by atoms with Crippen LogP contribution in [0.4, 0.5) is 5.82 Å². The van der Waals surface area contributed by atoms with E-state index >= 15 is 0 Å². The smallest absolute Gasteiger partial charge is 0.263 e. The molecule has 2 heterocycles. The van der Waals surface area contributed by atoms with E-state index in [0.29, 0.717) is 11.6 Å². The zero-order valence-corrected chi connectivity index (χ0v) is 7.78. The van der Waals surface area contributed by atoms with Gasteiger partial charge in [-0.25, -0.2) is 4.98 Å². The lowest BCUT2D eigenvalue weighted by molar-refractivity contribution is -0.118. The van der Waals surface area contributed by atoms with Gasteiger partial charge in [-0.05, 0) is 18.2 Å². The average molecular weight is 199 g/mol. The summed E-state index contributed by atoms with van der Waals surface area (Å²) in [6.07, 6.45) is 0. The largest absolute Gasteiger partial charge is 0.480 e. The molecule has 4 nitrogen and oxygen atoms in total. The fourth-order valence-corrected chi connectivity index (χ4v) is 1.55. The Morgan fingerprint density at radius 3 is 3.40 bits per heavy atom. The fraction of sp³-hybridized carbons (Fsp3) is 0.0909. The number of fused-ring (bicyclic) bond motifs is 2. The van der Waals surface area contributed by atoms with E-state index in [1.54, 1.807) is 6.07 Å². The third-order valence-corrected chi connectivity index (χ3v) is 2.24. The van der Waals surface area contributed by atoms with Gasteiger partial charge in [0.2, 0.25) is 0 Å². The number of amides is 1. The second-order valence-electron chi connectivity index (χ2n) is 3.29. The Labute approximate surface area is 85.9 Å². The summed E-state index contributed by atoms with van der Waals surface area (Å²) in [5, 5.41) is 3.64. The Hall–Kier alpha value is -2.10. The molecular formula is C11H7N2O2. The van der Waals surface area contributed by atoms with Crippen LogP contribution in [-0.2, 0) is 4.79 Å². The normalized spacial score (nSPS) is 14.3. The molecule has 1 radical (unpaired) electrons. The molecule has 1 N–H and O–H groups in total. The van der Waals surface area contributed by atoms with Gasteiger partial charge < -0.3 is 10.1 Å². The molecule has 1 amide bonds. The Bertz CT molecular complexity index is 551. The van der Waals surface area contributed by atoms with Crippen molar-refractivity contribution in [1.29, 1.82) is 0 Å². The molecule has 1 aliphatic heterocycles. The van der Waals surface area contributed by atoms with Crippen LogP contribution in [0.25, 0.3) is 10.9 Å². The van der Waals surface area contributed by atoms with Crippen molar-refractivity contribution in [2.24, 2.45) is 0 Å². The molecule has 0 fully saturated rings. The van der Waals surface area contributed by atoms with Crippen LogP contribution >= 0.6 is 0 Å². The van der Waals surface area contributed by atoms with Crippen molar-refractivity contribution in [3.63, 3.8) is 0 Å². The number of anilines is 1. The highest BCUT2D eigenvalue weighted by Gasteiger charge is 2.17. The van der Waals surface area contributed by atoms with Crippen molar-refractivity contribution in [1.82, 2.24) is 4.98 Å². The lowest BCUT2D eigenvalue weighted by Gasteiger charge is -2.17. The number of ether oxygens (including phenoxy) is 1. The second kappa shape index (κ2) is 2.95. The van der Waals surface area contributed by atoms with E-state index in [4.69, 9.17) is 4.74 Å². The molecule has 73 valence electrons. The first-order valence-corrected chi connectivity index (χ1v) is 4.56. The number of nitrogens with one attached hydrogen (secondary N) is 1. The minimum Gasteiger partial charge on any atom is -0.480 e. The van der Waals surface area contributed by atoms with Crippen LogP contribution in [0.2, 0.25) is 0 Å². The van der Waals surface area contributed by atoms with Crippen LogP contribution < -0.4 is 10.1 Å². The lowest BCUT2D eigenvalue weighted by atomic mass is 10.2. The minimum absolute atomic E-state index is 0.0547. The summed E-state index contributed by atoms with van der Waals surface area (Å²) in [7, 11) is 0. The van der Waals surface area contributed by atoms with Crippen molar-refractivity contribution in [2.75, 3.05) is 11.9 Å². The van der Waals surface area contributed by atoms with Crippen molar-refractivity contribution < 1.29 is 9.53 Å². The molecule has 0 unspecified atom stereocenters. The summed E-state index contributed by atoms with van der Waals surface area (Å²) in [6, 6.07) is 10.3. The zero-order valence-electron chi connectivity index (χ0n) is 7.78. The van der Waals surface area contributed by atoms with E-state index in [0.717, 1.165) is 10.9 Å². The van der Waals surface area contributed by atoms with Gasteiger partial charge in [-0.15, -0.1) is 0 Å². The van der Waals surface area contributed by atoms with Crippen LogP contribution in [0.15, 0.2) is 24.3 Å². The Morgan fingerprint density at radius 2 is 2.47 bits per heavy atom. The molecule has 0 aliphatic carbocycles. The standard InChI is InChI=1S/C11H7N2O2/c14-10-6-15-9-5-7-3-1-2-4-8(7)12-11(9)13-10/h1,3-5H,6H2,(H,12,13,14). The number of benzene rings is 1. The maximum absolute atomic E-state index is 11.1. The molecule has 15 heavy (non-hydrogen) atoms. The third-order valence-electron chi connectivity index (χ3n) is 2.24. The van der Waals surface area contributed by atoms with Crippen LogP contribution in [0, 0.1) is 6.07 Å². The van der Waals surface area contributed by atoms with Gasteiger partial charge in [-0.2, -0.15) is 0 Å². The van der Waals surface area contributed by atoms with Gasteiger partial charge in [0.25, 0.3) is 5.91 Å². The summed E-state index contributed by atoms with van der Waals surface area (Å²) in [5.41, 5.74) is 0.794. The number of hydrogen-bond acceptors (Lipinski definition) is 3. The molecule has 0 bridgehead atoms. The van der Waals surface area contributed by atoms with E-state index < -0.39 is 0 Å². The van der Waals surface area contributed by atoms with Crippen molar-refractivity contribution >= 4 is 22.6 Å². The molecule has 0 atom stereocenters. The van der Waals surface area contributed by atoms with Gasteiger partial charge in [0, 0.05) is 5.39 Å². The van der Waals surface area contributed by atoms with Gasteiger partial charge in [-0.1, -0.05) is 12.1 Å². The second-order valence-corrected chi connectivity index (χ2v) is 3.29. The molecular weight excluding hydrogens is 192 g/mol. The summed E-state index contributed by atoms with van der Waals surface area (Å²) in [6.45, 7) is 0.0547. The minimum atomic E-state index is -0.172. The molecule has 1 aromatic heterocycles. The van der Waals surface area contributed by atoms with Gasteiger partial charge in [-0.3, -0.25) is 4.79 Å². The van der Waals surface area contributed by atoms with Crippen LogP contribution in [-0.4, -0.2) is 17.5 Å². The Kier molecular flexibility index (Phi) is 1.62. The fourth-order valence-electron chi connectivity index (χ4n) is 1.55.